The number of nitrogens with zero attached hydrogens (tertiary/aromatic N) is 2. The van der Waals surface area contributed by atoms with Crippen LogP contribution in [0, 0.1) is 34.5 Å². The van der Waals surface area contributed by atoms with E-state index in [1.807, 2.05) is 0 Å². The number of allylic oxidation sites excluding steroid dienone is 4. The van der Waals surface area contributed by atoms with Crippen molar-refractivity contribution in [2.24, 2.45) is 39.7 Å². The quantitative estimate of drug-likeness (QED) is 0.296. The van der Waals surface area contributed by atoms with Gasteiger partial charge < -0.3 is 14.8 Å². The first-order valence-electron chi connectivity index (χ1n) is 14.0. The van der Waals surface area contributed by atoms with E-state index in [2.05, 4.69) is 29.1 Å². The number of carbonyl (C=O) groups excluding carboxylic acids is 1. The van der Waals surface area contributed by atoms with Crippen LogP contribution in [0.15, 0.2) is 28.5 Å². The van der Waals surface area contributed by atoms with Crippen LogP contribution in [0.25, 0.3) is 0 Å². The van der Waals surface area contributed by atoms with Crippen molar-refractivity contribution in [2.45, 2.75) is 82.9 Å². The molecule has 2 heterocycles. The van der Waals surface area contributed by atoms with Crippen molar-refractivity contribution >= 4 is 23.2 Å². The molecule has 3 saturated carbocycles. The molecule has 0 aromatic rings. The topological polar surface area (TPSA) is 62.1 Å². The summed E-state index contributed by atoms with van der Waals surface area (Å²) in [5.74, 6) is 2.46. The molecule has 2 aliphatic heterocycles. The van der Waals surface area contributed by atoms with E-state index in [1.165, 1.54) is 12.0 Å². The first-order chi connectivity index (χ1) is 16.9. The van der Waals surface area contributed by atoms with Gasteiger partial charge in [-0.2, -0.15) is 0 Å². The lowest BCUT2D eigenvalue weighted by Crippen LogP contribution is -2.46. The van der Waals surface area contributed by atoms with Gasteiger partial charge in [0, 0.05) is 38.1 Å². The molecule has 6 rings (SSSR count). The van der Waals surface area contributed by atoms with Crippen LogP contribution < -0.4 is 0 Å². The fourth-order valence-electron chi connectivity index (χ4n) is 9.10. The molecule has 192 valence electrons. The summed E-state index contributed by atoms with van der Waals surface area (Å²) in [6.07, 6.45) is 15.9. The average molecular weight is 501 g/mol. The van der Waals surface area contributed by atoms with E-state index in [-0.39, 0.29) is 10.8 Å². The van der Waals surface area contributed by atoms with Gasteiger partial charge in [0.15, 0.2) is 0 Å². The van der Waals surface area contributed by atoms with Gasteiger partial charge in [0.25, 0.3) is 0 Å². The zero-order chi connectivity index (χ0) is 24.2. The Kier molecular flexibility index (Phi) is 6.32. The van der Waals surface area contributed by atoms with Crippen molar-refractivity contribution in [1.82, 2.24) is 4.90 Å². The number of ether oxygens (including phenoxy) is 1. The number of fused-ring (bicyclic) bond motifs is 5. The van der Waals surface area contributed by atoms with Crippen LogP contribution in [-0.2, 0) is 9.53 Å². The molecule has 0 bridgehead atoms. The van der Waals surface area contributed by atoms with Crippen LogP contribution in [-0.4, -0.2) is 53.4 Å². The van der Waals surface area contributed by atoms with E-state index in [9.17, 15) is 10.0 Å². The summed E-state index contributed by atoms with van der Waals surface area (Å²) in [5.41, 5.74) is 4.30. The number of halogens is 1. The Labute approximate surface area is 215 Å². The van der Waals surface area contributed by atoms with E-state index in [0.29, 0.717) is 41.4 Å². The van der Waals surface area contributed by atoms with Crippen LogP contribution in [0.2, 0.25) is 0 Å². The zero-order valence-corrected chi connectivity index (χ0v) is 21.9. The number of amides is 1. The summed E-state index contributed by atoms with van der Waals surface area (Å²) < 4.78 is 5.58. The van der Waals surface area contributed by atoms with Crippen molar-refractivity contribution in [2.75, 3.05) is 26.3 Å². The predicted octanol–water partition coefficient (Wildman–Crippen LogP) is 5.95. The summed E-state index contributed by atoms with van der Waals surface area (Å²) in [7, 11) is 0. The molecule has 0 aromatic heterocycles. The monoisotopic (exact) mass is 500 g/mol. The molecule has 6 atom stereocenters. The Hall–Kier alpha value is -1.33. The Morgan fingerprint density at radius 3 is 2.89 bits per heavy atom. The minimum absolute atomic E-state index is 0.0328. The highest BCUT2D eigenvalue weighted by Crippen LogP contribution is 2.62. The number of rotatable bonds is 3. The average Bonchev–Trinajstić information content (AvgIpc) is 3.40. The lowest BCUT2D eigenvalue weighted by atomic mass is 9.53. The minimum atomic E-state index is -0.0328. The Morgan fingerprint density at radius 2 is 2.09 bits per heavy atom. The molecule has 1 amide bonds. The molecule has 2 saturated heterocycles. The van der Waals surface area contributed by atoms with Gasteiger partial charge >= 0.3 is 0 Å². The molecule has 35 heavy (non-hydrogen) atoms. The lowest BCUT2D eigenvalue weighted by Gasteiger charge is -2.51. The van der Waals surface area contributed by atoms with Gasteiger partial charge in [-0.25, -0.2) is 0 Å². The second kappa shape index (κ2) is 9.20. The van der Waals surface area contributed by atoms with Crippen molar-refractivity contribution in [3.63, 3.8) is 0 Å². The third kappa shape index (κ3) is 4.09. The van der Waals surface area contributed by atoms with Crippen molar-refractivity contribution in [1.29, 1.82) is 0 Å². The molecule has 6 heteroatoms. The largest absolute Gasteiger partial charge is 0.411 e. The van der Waals surface area contributed by atoms with Crippen LogP contribution >= 0.6 is 11.6 Å². The number of alkyl halides is 1. The Balaban J connectivity index is 1.16. The summed E-state index contributed by atoms with van der Waals surface area (Å²) in [5, 5.41) is 14.0. The van der Waals surface area contributed by atoms with E-state index in [0.717, 1.165) is 89.8 Å². The highest BCUT2D eigenvalue weighted by molar-refractivity contribution is 6.22. The Morgan fingerprint density at radius 1 is 1.26 bits per heavy atom. The Bertz CT molecular complexity index is 952. The molecular formula is C29H41ClN2O3. The fraction of sp³-hybridized carbons (Fsp3) is 0.793. The highest BCUT2D eigenvalue weighted by atomic mass is 35.5. The second-order valence-electron chi connectivity index (χ2n) is 12.6. The minimum Gasteiger partial charge on any atom is -0.411 e. The molecule has 4 unspecified atom stereocenters. The highest BCUT2D eigenvalue weighted by Gasteiger charge is 2.58. The van der Waals surface area contributed by atoms with E-state index in [4.69, 9.17) is 16.3 Å². The second-order valence-corrected chi connectivity index (χ2v) is 13.2. The summed E-state index contributed by atoms with van der Waals surface area (Å²) in [6.45, 7) is 5.85. The summed E-state index contributed by atoms with van der Waals surface area (Å²) in [6, 6.07) is 0. The molecule has 0 aromatic carbocycles. The SMILES string of the molecule is C[C@]12CCC3C4=CCC(Cl)C=C4CCC3C1[C@H](CCC(=O)N1CCC3(CCOCC3)C1)C/C2=N\O. The van der Waals surface area contributed by atoms with E-state index >= 15 is 0 Å². The normalized spacial score (nSPS) is 41.3. The lowest BCUT2D eigenvalue weighted by molar-refractivity contribution is -0.131. The van der Waals surface area contributed by atoms with Gasteiger partial charge in [-0.15, -0.1) is 11.6 Å². The molecule has 1 spiro atoms. The van der Waals surface area contributed by atoms with Crippen LogP contribution in [0.3, 0.4) is 0 Å². The fourth-order valence-corrected chi connectivity index (χ4v) is 9.34. The van der Waals surface area contributed by atoms with Crippen LogP contribution in [0.4, 0.5) is 0 Å². The van der Waals surface area contributed by atoms with Gasteiger partial charge in [-0.1, -0.05) is 24.2 Å². The van der Waals surface area contributed by atoms with Gasteiger partial charge in [0.05, 0.1) is 11.1 Å². The van der Waals surface area contributed by atoms with E-state index in [1.54, 1.807) is 5.57 Å². The molecule has 4 aliphatic carbocycles. The van der Waals surface area contributed by atoms with E-state index < -0.39 is 0 Å². The maximum Gasteiger partial charge on any atom is 0.222 e. The van der Waals surface area contributed by atoms with Crippen molar-refractivity contribution in [3.8, 4) is 0 Å². The number of oxime groups is 1. The molecule has 1 N–H and O–H groups in total. The van der Waals surface area contributed by atoms with Crippen LogP contribution in [0.5, 0.6) is 0 Å². The van der Waals surface area contributed by atoms with Gasteiger partial charge in [0.1, 0.15) is 0 Å². The molecule has 5 nitrogen and oxygen atoms in total. The zero-order valence-electron chi connectivity index (χ0n) is 21.2. The maximum atomic E-state index is 13.3. The van der Waals surface area contributed by atoms with Crippen LogP contribution in [0.1, 0.15) is 77.6 Å². The number of carbonyl (C=O) groups is 1. The molecule has 6 aliphatic rings. The van der Waals surface area contributed by atoms with Gasteiger partial charge in [0.2, 0.25) is 5.91 Å². The van der Waals surface area contributed by atoms with Gasteiger partial charge in [-0.05, 0) is 104 Å². The summed E-state index contributed by atoms with van der Waals surface area (Å²) in [4.78, 5) is 15.4. The predicted molar refractivity (Wildman–Crippen MR) is 138 cm³/mol. The third-order valence-corrected chi connectivity index (χ3v) is 11.3. The number of likely N-dealkylation sites (tertiary alicyclic amines) is 1. The smallest absolute Gasteiger partial charge is 0.222 e. The third-order valence-electron chi connectivity index (χ3n) is 11.0. The number of hydrogen-bond acceptors (Lipinski definition) is 4. The molecule has 0 radical (unpaired) electrons. The maximum absolute atomic E-state index is 13.3. The van der Waals surface area contributed by atoms with Gasteiger partial charge in [-0.3, -0.25) is 4.79 Å². The first kappa shape index (κ1) is 24.0. The summed E-state index contributed by atoms with van der Waals surface area (Å²) >= 11 is 6.45. The van der Waals surface area contributed by atoms with Crippen molar-refractivity contribution in [3.05, 3.63) is 23.3 Å². The van der Waals surface area contributed by atoms with Crippen molar-refractivity contribution < 1.29 is 14.7 Å². The first-order valence-corrected chi connectivity index (χ1v) is 14.5. The molecule has 5 fully saturated rings. The standard InChI is InChI=1S/C29H41ClN2O3/c1-28-9-8-23-22-6-4-21(30)16-19(22)2-5-24(23)27(28)20(17-25(28)31-34)3-7-26(33)32-13-10-29(18-32)11-14-35-15-12-29/h6,16,20-21,23-24,27,34H,2-5,7-15,17-18H2,1H3/b31-25+/t20-,21?,23?,24?,27?,28-/m1/s1. The number of hydrogen-bond donors (Lipinski definition) is 1. The molecular weight excluding hydrogens is 460 g/mol.